The van der Waals surface area contributed by atoms with E-state index in [4.69, 9.17) is 4.74 Å². The van der Waals surface area contributed by atoms with Crippen molar-refractivity contribution >= 4 is 41.0 Å². The zero-order valence-corrected chi connectivity index (χ0v) is 30.7. The Morgan fingerprint density at radius 2 is 1.75 bits per heavy atom. The van der Waals surface area contributed by atoms with Crippen LogP contribution in [0.25, 0.3) is 6.08 Å². The van der Waals surface area contributed by atoms with Gasteiger partial charge in [0.2, 0.25) is 0 Å². The molecular formula is C37H57N3O7S. The molecule has 1 fully saturated rings. The fourth-order valence-corrected chi connectivity index (χ4v) is 7.34. The number of hydrogen-bond acceptors (Lipinski definition) is 10. The van der Waals surface area contributed by atoms with Crippen molar-refractivity contribution in [2.45, 2.75) is 137 Å². The van der Waals surface area contributed by atoms with E-state index >= 15 is 0 Å². The molecule has 0 spiro atoms. The maximum Gasteiger partial charge on any atom is 0.306 e. The van der Waals surface area contributed by atoms with Gasteiger partial charge in [0.05, 0.1) is 22.7 Å². The van der Waals surface area contributed by atoms with Crippen molar-refractivity contribution in [1.29, 1.82) is 0 Å². The van der Waals surface area contributed by atoms with Crippen LogP contribution < -0.4 is 5.32 Å². The molecule has 2 amide bonds. The van der Waals surface area contributed by atoms with Gasteiger partial charge in [-0.15, -0.1) is 11.3 Å². The number of thiazole rings is 1. The number of carbonyl (C=O) groups is 4. The first-order chi connectivity index (χ1) is 22.6. The molecule has 48 heavy (non-hydrogen) atoms. The van der Waals surface area contributed by atoms with Crippen molar-refractivity contribution in [2.75, 3.05) is 6.54 Å². The predicted octanol–water partition coefficient (Wildman–Crippen LogP) is 5.75. The number of amides is 2. The van der Waals surface area contributed by atoms with Gasteiger partial charge < -0.3 is 14.9 Å². The number of imide groups is 1. The quantitative estimate of drug-likeness (QED) is 0.168. The Morgan fingerprint density at radius 3 is 2.40 bits per heavy atom. The van der Waals surface area contributed by atoms with E-state index in [1.165, 1.54) is 17.1 Å². The van der Waals surface area contributed by atoms with Crippen molar-refractivity contribution in [3.8, 4) is 0 Å². The third kappa shape index (κ3) is 11.4. The van der Waals surface area contributed by atoms with Gasteiger partial charge in [0, 0.05) is 48.4 Å². The van der Waals surface area contributed by atoms with Crippen LogP contribution in [0.5, 0.6) is 0 Å². The van der Waals surface area contributed by atoms with Gasteiger partial charge in [0.15, 0.2) is 0 Å². The number of rotatable bonds is 9. The third-order valence-corrected chi connectivity index (χ3v) is 10.9. The van der Waals surface area contributed by atoms with Gasteiger partial charge in [0.25, 0.3) is 11.8 Å². The maximum absolute atomic E-state index is 14.0. The molecule has 1 saturated heterocycles. The number of Topliss-reactive ketones (excluding diaryl/α,β-unsaturated/α-hetero) is 1. The highest BCUT2D eigenvalue weighted by atomic mass is 32.1. The molecule has 10 nitrogen and oxygen atoms in total. The highest BCUT2D eigenvalue weighted by Gasteiger charge is 2.43. The topological polar surface area (TPSA) is 146 Å². The lowest BCUT2D eigenvalue weighted by Crippen LogP contribution is -2.49. The van der Waals surface area contributed by atoms with E-state index in [1.54, 1.807) is 32.1 Å². The van der Waals surface area contributed by atoms with Crippen molar-refractivity contribution < 1.29 is 34.1 Å². The Hall–Kier alpha value is -2.73. The lowest BCUT2D eigenvalue weighted by atomic mass is 9.72. The summed E-state index contributed by atoms with van der Waals surface area (Å²) in [6.07, 6.45) is 8.09. The fraction of sp³-hybridized carbons (Fsp3) is 0.703. The first-order valence-electron chi connectivity index (χ1n) is 17.6. The van der Waals surface area contributed by atoms with Crippen LogP contribution in [-0.4, -0.2) is 74.7 Å². The number of carbonyl (C=O) groups excluding carboxylic acids is 4. The molecule has 1 aromatic heterocycles. The largest absolute Gasteiger partial charge is 0.461 e. The molecule has 0 radical (unpaired) electrons. The second-order valence-corrected chi connectivity index (χ2v) is 15.6. The van der Waals surface area contributed by atoms with Crippen molar-refractivity contribution in [1.82, 2.24) is 15.2 Å². The lowest BCUT2D eigenvalue weighted by Gasteiger charge is -2.37. The minimum atomic E-state index is -1.20. The molecule has 3 heterocycles. The van der Waals surface area contributed by atoms with Gasteiger partial charge in [-0.25, -0.2) is 4.98 Å². The summed E-state index contributed by atoms with van der Waals surface area (Å²) < 4.78 is 6.03. The third-order valence-electron chi connectivity index (χ3n) is 10.1. The van der Waals surface area contributed by atoms with Gasteiger partial charge in [-0.3, -0.25) is 29.4 Å². The Balaban J connectivity index is 1.68. The summed E-state index contributed by atoms with van der Waals surface area (Å²) in [6.45, 7) is 13.7. The zero-order chi connectivity index (χ0) is 35.6. The molecule has 11 heteroatoms. The van der Waals surface area contributed by atoms with Crippen molar-refractivity contribution in [3.63, 3.8) is 0 Å². The van der Waals surface area contributed by atoms with Crippen LogP contribution in [0.15, 0.2) is 23.1 Å². The molecule has 3 N–H and O–H groups in total. The van der Waals surface area contributed by atoms with Crippen molar-refractivity contribution in [3.05, 3.63) is 33.8 Å². The number of aliphatic hydroxyl groups is 2. The number of nitrogens with one attached hydrogen (secondary N) is 1. The van der Waals surface area contributed by atoms with Crippen LogP contribution in [0.4, 0.5) is 0 Å². The zero-order valence-electron chi connectivity index (χ0n) is 29.9. The van der Waals surface area contributed by atoms with Gasteiger partial charge in [-0.2, -0.15) is 0 Å². The minimum absolute atomic E-state index is 0.0364. The van der Waals surface area contributed by atoms with E-state index < -0.39 is 29.8 Å². The SMILES string of the molecule is CC(=Cc1csc(C)n1)C1CCC(C)CCCC(C)C(OC(=O)CCCCCN2C(=O)C=CC2=O)C(C)C(=O)C(C)(C)C(O)CC(O)N1. The van der Waals surface area contributed by atoms with Gasteiger partial charge in [0.1, 0.15) is 18.1 Å². The number of unbranched alkanes of at least 4 members (excludes halogenated alkanes) is 2. The summed E-state index contributed by atoms with van der Waals surface area (Å²) in [5, 5.41) is 28.8. The molecule has 0 aliphatic carbocycles. The van der Waals surface area contributed by atoms with E-state index in [-0.39, 0.29) is 48.4 Å². The lowest BCUT2D eigenvalue weighted by molar-refractivity contribution is -0.160. The first kappa shape index (κ1) is 39.7. The standard InChI is InChI=1S/C37H57N3O7S/c1-23-12-11-13-24(2)35(47-34(45)14-9-8-10-19-40-32(43)17-18-33(40)44)26(4)36(46)37(6,7)30(41)21-31(42)39-29(16-15-23)25(3)20-28-22-48-27(5)38-28/h17-18,20,22-24,26,29-31,35,39,41-42H,8-16,19,21H2,1-7H3. The van der Waals surface area contributed by atoms with E-state index in [0.29, 0.717) is 31.7 Å². The van der Waals surface area contributed by atoms with Crippen LogP contribution in [0.1, 0.15) is 116 Å². The van der Waals surface area contributed by atoms with Crippen LogP contribution >= 0.6 is 11.3 Å². The highest BCUT2D eigenvalue weighted by Crippen LogP contribution is 2.34. The summed E-state index contributed by atoms with van der Waals surface area (Å²) in [5.74, 6) is -1.54. The Bertz CT molecular complexity index is 1300. The minimum Gasteiger partial charge on any atom is -0.461 e. The Labute approximate surface area is 290 Å². The highest BCUT2D eigenvalue weighted by molar-refractivity contribution is 7.09. The molecular weight excluding hydrogens is 630 g/mol. The normalized spacial score (nSPS) is 29.8. The smallest absolute Gasteiger partial charge is 0.306 e. The van der Waals surface area contributed by atoms with E-state index in [2.05, 4.69) is 17.2 Å². The first-order valence-corrected chi connectivity index (χ1v) is 18.5. The number of aromatic nitrogens is 1. The van der Waals surface area contributed by atoms with Gasteiger partial charge in [-0.1, -0.05) is 59.5 Å². The van der Waals surface area contributed by atoms with Gasteiger partial charge in [-0.05, 0) is 63.9 Å². The number of aliphatic hydroxyl groups excluding tert-OH is 2. The summed E-state index contributed by atoms with van der Waals surface area (Å²) >= 11 is 1.59. The average Bonchev–Trinajstić information content (AvgIpc) is 3.58. The number of ether oxygens (including phenoxy) is 1. The molecule has 7 atom stereocenters. The molecule has 0 aromatic carbocycles. The monoisotopic (exact) mass is 687 g/mol. The number of hydrogen-bond donors (Lipinski definition) is 3. The Kier molecular flexibility index (Phi) is 15.2. The molecule has 7 unspecified atom stereocenters. The Morgan fingerprint density at radius 1 is 1.06 bits per heavy atom. The summed E-state index contributed by atoms with van der Waals surface area (Å²) in [4.78, 5) is 56.3. The number of ketones is 1. The second kappa shape index (κ2) is 18.3. The summed E-state index contributed by atoms with van der Waals surface area (Å²) in [7, 11) is 0. The molecule has 3 rings (SSSR count). The maximum atomic E-state index is 14.0. The number of esters is 1. The van der Waals surface area contributed by atoms with E-state index in [1.807, 2.05) is 32.2 Å². The summed E-state index contributed by atoms with van der Waals surface area (Å²) in [6, 6.07) is -0.118. The summed E-state index contributed by atoms with van der Waals surface area (Å²) in [5.41, 5.74) is 0.746. The second-order valence-electron chi connectivity index (χ2n) is 14.6. The van der Waals surface area contributed by atoms with Crippen LogP contribution in [0.2, 0.25) is 0 Å². The number of aryl methyl sites for hydroxylation is 1. The molecule has 1 aromatic rings. The van der Waals surface area contributed by atoms with Crippen LogP contribution in [0, 0.1) is 30.1 Å². The molecule has 0 saturated carbocycles. The number of nitrogens with zero attached hydrogens (tertiary/aromatic N) is 2. The molecule has 2 aliphatic heterocycles. The predicted molar refractivity (Wildman–Crippen MR) is 188 cm³/mol. The van der Waals surface area contributed by atoms with E-state index in [9.17, 15) is 29.4 Å². The van der Waals surface area contributed by atoms with Crippen LogP contribution in [-0.2, 0) is 23.9 Å². The molecule has 2 aliphatic rings. The van der Waals surface area contributed by atoms with Gasteiger partial charge >= 0.3 is 5.97 Å². The van der Waals surface area contributed by atoms with E-state index in [0.717, 1.165) is 48.4 Å². The molecule has 0 bridgehead atoms. The molecule has 268 valence electrons. The fourth-order valence-electron chi connectivity index (χ4n) is 6.77. The van der Waals surface area contributed by atoms with Crippen LogP contribution in [0.3, 0.4) is 0 Å². The van der Waals surface area contributed by atoms with Crippen molar-refractivity contribution in [2.24, 2.45) is 23.2 Å². The average molecular weight is 688 g/mol.